The van der Waals surface area contributed by atoms with Crippen molar-refractivity contribution in [3.63, 3.8) is 0 Å². The van der Waals surface area contributed by atoms with Crippen LogP contribution < -0.4 is 0 Å². The highest BCUT2D eigenvalue weighted by Crippen LogP contribution is 2.50. The lowest BCUT2D eigenvalue weighted by Gasteiger charge is -2.02. The first-order chi connectivity index (χ1) is 13.6. The van der Waals surface area contributed by atoms with E-state index in [1.807, 2.05) is 24.3 Å². The first-order valence-electron chi connectivity index (χ1n) is 10.1. The molecule has 144 valence electrons. The first-order valence-corrected chi connectivity index (χ1v) is 11.7. The van der Waals surface area contributed by atoms with Gasteiger partial charge in [0.15, 0.2) is 0 Å². The van der Waals surface area contributed by atoms with Crippen LogP contribution >= 0.6 is 23.5 Å². The molecule has 2 aliphatic heterocycles. The minimum absolute atomic E-state index is 0.00760. The zero-order valence-corrected chi connectivity index (χ0v) is 18.0. The van der Waals surface area contributed by atoms with E-state index >= 15 is 0 Å². The van der Waals surface area contributed by atoms with Crippen LogP contribution in [0, 0.1) is 0 Å². The van der Waals surface area contributed by atoms with Crippen LogP contribution in [-0.4, -0.2) is 11.6 Å². The molecule has 0 amide bonds. The molecule has 0 N–H and O–H groups in total. The number of carbonyl (C=O) groups is 2. The van der Waals surface area contributed by atoms with Crippen molar-refractivity contribution < 1.29 is 9.59 Å². The molecule has 0 radical (unpaired) electrons. The van der Waals surface area contributed by atoms with Gasteiger partial charge in [-0.3, -0.25) is 9.59 Å². The van der Waals surface area contributed by atoms with E-state index in [1.54, 1.807) is 0 Å². The number of Topliss-reactive ketones (excluding diaryl/α,β-unsaturated/α-hetero) is 2. The number of ketones is 2. The Morgan fingerprint density at radius 1 is 0.679 bits per heavy atom. The summed E-state index contributed by atoms with van der Waals surface area (Å²) in [5, 5.41) is 0. The molecule has 2 nitrogen and oxygen atoms in total. The van der Waals surface area contributed by atoms with E-state index in [0.29, 0.717) is 9.81 Å². The summed E-state index contributed by atoms with van der Waals surface area (Å²) in [5.41, 5.74) is 3.92. The fourth-order valence-corrected chi connectivity index (χ4v) is 5.88. The topological polar surface area (TPSA) is 34.1 Å². The van der Waals surface area contributed by atoms with Gasteiger partial charge in [-0.1, -0.05) is 62.3 Å². The second-order valence-corrected chi connectivity index (χ2v) is 9.49. The van der Waals surface area contributed by atoms with Crippen molar-refractivity contribution in [2.75, 3.05) is 0 Å². The van der Waals surface area contributed by atoms with E-state index in [1.165, 1.54) is 34.7 Å². The van der Waals surface area contributed by atoms with Crippen LogP contribution in [0.2, 0.25) is 0 Å². The second kappa shape index (κ2) is 8.30. The molecule has 2 aromatic carbocycles. The maximum atomic E-state index is 13.1. The Balaban J connectivity index is 1.63. The molecular weight excluding hydrogens is 384 g/mol. The number of hydrogen-bond donors (Lipinski definition) is 0. The molecule has 2 heterocycles. The van der Waals surface area contributed by atoms with Gasteiger partial charge < -0.3 is 0 Å². The van der Waals surface area contributed by atoms with Crippen LogP contribution in [0.5, 0.6) is 0 Å². The fraction of sp³-hybridized carbons (Fsp3) is 0.333. The highest BCUT2D eigenvalue weighted by atomic mass is 32.2. The maximum absolute atomic E-state index is 13.1. The van der Waals surface area contributed by atoms with Crippen molar-refractivity contribution in [2.45, 2.75) is 62.2 Å². The summed E-state index contributed by atoms with van der Waals surface area (Å²) in [6.07, 6.45) is 6.51. The van der Waals surface area contributed by atoms with Gasteiger partial charge in [0, 0.05) is 20.9 Å². The van der Waals surface area contributed by atoms with Crippen LogP contribution in [0.25, 0.3) is 0 Å². The lowest BCUT2D eigenvalue weighted by atomic mass is 10.0. The van der Waals surface area contributed by atoms with E-state index in [2.05, 4.69) is 26.0 Å². The molecule has 0 bridgehead atoms. The van der Waals surface area contributed by atoms with Gasteiger partial charge in [-0.25, -0.2) is 0 Å². The monoisotopic (exact) mass is 408 g/mol. The average Bonchev–Trinajstić information content (AvgIpc) is 3.21. The molecule has 0 spiro atoms. The summed E-state index contributed by atoms with van der Waals surface area (Å²) in [6.45, 7) is 4.34. The molecule has 28 heavy (non-hydrogen) atoms. The smallest absolute Gasteiger partial charge is 0.202 e. The van der Waals surface area contributed by atoms with E-state index < -0.39 is 0 Å². The van der Waals surface area contributed by atoms with E-state index in [-0.39, 0.29) is 11.6 Å². The van der Waals surface area contributed by atoms with E-state index in [0.717, 1.165) is 59.4 Å². The Kier molecular flexibility index (Phi) is 5.79. The van der Waals surface area contributed by atoms with Gasteiger partial charge in [-0.2, -0.15) is 0 Å². The van der Waals surface area contributed by atoms with Crippen LogP contribution in [-0.2, 0) is 12.8 Å². The van der Waals surface area contributed by atoms with Gasteiger partial charge in [0.1, 0.15) is 0 Å². The quantitative estimate of drug-likeness (QED) is 0.489. The van der Waals surface area contributed by atoms with Crippen molar-refractivity contribution in [3.8, 4) is 0 Å². The Hall–Kier alpha value is -1.78. The normalized spacial score (nSPS) is 17.9. The predicted octanol–water partition coefficient (Wildman–Crippen LogP) is 6.86. The Morgan fingerprint density at radius 2 is 1.11 bits per heavy atom. The number of allylic oxidation sites excluding steroid dienone is 2. The van der Waals surface area contributed by atoms with Crippen molar-refractivity contribution in [2.24, 2.45) is 0 Å². The van der Waals surface area contributed by atoms with Crippen LogP contribution in [0.1, 0.15) is 71.4 Å². The van der Waals surface area contributed by atoms with Gasteiger partial charge in [0.05, 0.1) is 9.81 Å². The summed E-state index contributed by atoms with van der Waals surface area (Å²) in [6, 6.07) is 12.3. The van der Waals surface area contributed by atoms with Gasteiger partial charge in [0.25, 0.3) is 0 Å². The van der Waals surface area contributed by atoms with Crippen molar-refractivity contribution >= 4 is 35.1 Å². The van der Waals surface area contributed by atoms with Gasteiger partial charge >= 0.3 is 0 Å². The minimum Gasteiger partial charge on any atom is -0.288 e. The lowest BCUT2D eigenvalue weighted by molar-refractivity contribution is 0.101. The molecule has 2 aromatic rings. The summed E-state index contributed by atoms with van der Waals surface area (Å²) < 4.78 is 0. The maximum Gasteiger partial charge on any atom is 0.202 e. The number of aryl methyl sites for hydroxylation is 2. The number of thioether (sulfide) groups is 2. The number of unbranched alkanes of at least 4 members (excludes halogenated alkanes) is 2. The van der Waals surface area contributed by atoms with E-state index in [9.17, 15) is 9.59 Å². The van der Waals surface area contributed by atoms with Crippen LogP contribution in [0.3, 0.4) is 0 Å². The van der Waals surface area contributed by atoms with Gasteiger partial charge in [-0.05, 0) is 61.1 Å². The lowest BCUT2D eigenvalue weighted by Crippen LogP contribution is -2.03. The SMILES string of the molecule is CCCCc1ccc2c(c1)C(=O)/C(=C1\Sc3ccc(CCCC)cc3C1=O)S2. The molecule has 0 atom stereocenters. The minimum atomic E-state index is 0.00760. The van der Waals surface area contributed by atoms with E-state index in [4.69, 9.17) is 0 Å². The standard InChI is InChI=1S/C24H24O2S2/c1-3-5-7-15-9-11-19-17(13-15)21(25)23(27-19)24-22(26)18-14-16(8-6-4-2)10-12-20(18)28-24/h9-14H,3-8H2,1-2H3/b24-23+. The molecule has 0 saturated heterocycles. The zero-order chi connectivity index (χ0) is 19.7. The highest BCUT2D eigenvalue weighted by Gasteiger charge is 2.36. The number of benzene rings is 2. The highest BCUT2D eigenvalue weighted by molar-refractivity contribution is 8.08. The summed E-state index contributed by atoms with van der Waals surface area (Å²) in [7, 11) is 0. The molecule has 4 heteroatoms. The van der Waals surface area contributed by atoms with Crippen LogP contribution in [0.4, 0.5) is 0 Å². The number of hydrogen-bond acceptors (Lipinski definition) is 4. The van der Waals surface area contributed by atoms with Crippen LogP contribution in [0.15, 0.2) is 56.0 Å². The van der Waals surface area contributed by atoms with Crippen molar-refractivity contribution in [1.29, 1.82) is 0 Å². The van der Waals surface area contributed by atoms with Crippen molar-refractivity contribution in [3.05, 3.63) is 68.5 Å². The number of fused-ring (bicyclic) bond motifs is 2. The molecule has 2 aliphatic rings. The molecular formula is C24H24O2S2. The molecule has 0 aliphatic carbocycles. The molecule has 0 fully saturated rings. The first kappa shape index (κ1) is 19.5. The second-order valence-electron chi connectivity index (χ2n) is 7.39. The average molecular weight is 409 g/mol. The Labute approximate surface area is 175 Å². The molecule has 4 rings (SSSR count). The number of rotatable bonds is 6. The number of carbonyl (C=O) groups excluding carboxylic acids is 2. The molecule has 0 saturated carbocycles. The predicted molar refractivity (Wildman–Crippen MR) is 118 cm³/mol. The van der Waals surface area contributed by atoms with Crippen molar-refractivity contribution in [1.82, 2.24) is 0 Å². The zero-order valence-electron chi connectivity index (χ0n) is 16.3. The summed E-state index contributed by atoms with van der Waals surface area (Å²) in [5.74, 6) is 0.0152. The summed E-state index contributed by atoms with van der Waals surface area (Å²) in [4.78, 5) is 29.3. The van der Waals surface area contributed by atoms with Gasteiger partial charge in [-0.15, -0.1) is 0 Å². The third-order valence-corrected chi connectivity index (χ3v) is 7.73. The largest absolute Gasteiger partial charge is 0.288 e. The third-order valence-electron chi connectivity index (χ3n) is 5.26. The Morgan fingerprint density at radius 3 is 1.50 bits per heavy atom. The fourth-order valence-electron chi connectivity index (χ4n) is 3.62. The molecule has 0 unspecified atom stereocenters. The van der Waals surface area contributed by atoms with Gasteiger partial charge in [0.2, 0.25) is 11.6 Å². The Bertz CT molecular complexity index is 909. The summed E-state index contributed by atoms with van der Waals surface area (Å²) >= 11 is 2.91. The third kappa shape index (κ3) is 3.60. The molecule has 0 aromatic heterocycles.